The molecule has 1 fully saturated rings. The normalized spacial score (nSPS) is 24.9. The van der Waals surface area contributed by atoms with Gasteiger partial charge in [0.2, 0.25) is 0 Å². The van der Waals surface area contributed by atoms with Gasteiger partial charge in [-0.15, -0.1) is 0 Å². The molecule has 17 heavy (non-hydrogen) atoms. The van der Waals surface area contributed by atoms with Crippen LogP contribution in [0.3, 0.4) is 0 Å². The van der Waals surface area contributed by atoms with E-state index in [1.54, 1.807) is 6.33 Å². The highest BCUT2D eigenvalue weighted by Gasteiger charge is 2.19. The van der Waals surface area contributed by atoms with Crippen molar-refractivity contribution >= 4 is 5.82 Å². The van der Waals surface area contributed by atoms with Crippen molar-refractivity contribution in [3.63, 3.8) is 0 Å². The molecular weight excluding hydrogens is 214 g/mol. The van der Waals surface area contributed by atoms with Crippen LogP contribution < -0.4 is 5.32 Å². The lowest BCUT2D eigenvalue weighted by molar-refractivity contribution is 0.126. The van der Waals surface area contributed by atoms with Crippen LogP contribution in [0, 0.1) is 0 Å². The molecule has 4 nitrogen and oxygen atoms in total. The predicted octanol–water partition coefficient (Wildman–Crippen LogP) is 2.32. The summed E-state index contributed by atoms with van der Waals surface area (Å²) in [6.45, 7) is 4.26. The molecule has 1 aromatic rings. The SMILES string of the molecule is CC(C)c1cc(N[C@H]2CC[C@H](O)CC2)ncn1. The molecule has 4 heteroatoms. The van der Waals surface area contributed by atoms with E-state index in [1.807, 2.05) is 6.07 Å². The zero-order chi connectivity index (χ0) is 12.3. The van der Waals surface area contributed by atoms with Gasteiger partial charge < -0.3 is 10.4 Å². The third kappa shape index (κ3) is 3.40. The summed E-state index contributed by atoms with van der Waals surface area (Å²) in [7, 11) is 0. The highest BCUT2D eigenvalue weighted by molar-refractivity contribution is 5.36. The number of hydrogen-bond acceptors (Lipinski definition) is 4. The Morgan fingerprint density at radius 1 is 1.24 bits per heavy atom. The molecular formula is C13H21N3O. The van der Waals surface area contributed by atoms with Gasteiger partial charge in [-0.05, 0) is 31.6 Å². The van der Waals surface area contributed by atoms with Crippen LogP contribution in [0.4, 0.5) is 5.82 Å². The lowest BCUT2D eigenvalue weighted by atomic mass is 9.93. The number of aromatic nitrogens is 2. The van der Waals surface area contributed by atoms with Crippen molar-refractivity contribution in [3.8, 4) is 0 Å². The summed E-state index contributed by atoms with van der Waals surface area (Å²) in [5, 5.41) is 12.9. The third-order valence-corrected chi connectivity index (χ3v) is 3.33. The Morgan fingerprint density at radius 3 is 2.59 bits per heavy atom. The number of rotatable bonds is 3. The Balaban J connectivity index is 1.96. The van der Waals surface area contributed by atoms with E-state index in [1.165, 1.54) is 0 Å². The summed E-state index contributed by atoms with van der Waals surface area (Å²) in [5.41, 5.74) is 1.07. The Labute approximate surface area is 102 Å². The van der Waals surface area contributed by atoms with Gasteiger partial charge >= 0.3 is 0 Å². The van der Waals surface area contributed by atoms with Gasteiger partial charge in [-0.2, -0.15) is 0 Å². The molecule has 0 bridgehead atoms. The van der Waals surface area contributed by atoms with Gasteiger partial charge in [0.1, 0.15) is 12.1 Å². The predicted molar refractivity (Wildman–Crippen MR) is 68.0 cm³/mol. The Hall–Kier alpha value is -1.16. The smallest absolute Gasteiger partial charge is 0.129 e. The van der Waals surface area contributed by atoms with E-state index < -0.39 is 0 Å². The van der Waals surface area contributed by atoms with Gasteiger partial charge in [0.05, 0.1) is 6.10 Å². The lowest BCUT2D eigenvalue weighted by Gasteiger charge is -2.26. The number of aliphatic hydroxyl groups excluding tert-OH is 1. The van der Waals surface area contributed by atoms with Crippen molar-refractivity contribution in [2.24, 2.45) is 0 Å². The molecule has 1 heterocycles. The molecule has 1 aromatic heterocycles. The van der Waals surface area contributed by atoms with Crippen LogP contribution in [0.15, 0.2) is 12.4 Å². The van der Waals surface area contributed by atoms with E-state index in [-0.39, 0.29) is 6.10 Å². The molecule has 0 aromatic carbocycles. The standard InChI is InChI=1S/C13H21N3O/c1-9(2)12-7-13(15-8-14-12)16-10-3-5-11(17)6-4-10/h7-11,17H,3-6H2,1-2H3,(H,14,15,16)/t10-,11-. The summed E-state index contributed by atoms with van der Waals surface area (Å²) >= 11 is 0. The molecule has 2 rings (SSSR count). The second-order valence-electron chi connectivity index (χ2n) is 5.13. The molecule has 0 saturated heterocycles. The number of anilines is 1. The third-order valence-electron chi connectivity index (χ3n) is 3.33. The van der Waals surface area contributed by atoms with E-state index in [0.717, 1.165) is 37.2 Å². The van der Waals surface area contributed by atoms with E-state index in [9.17, 15) is 5.11 Å². The van der Waals surface area contributed by atoms with Crippen molar-refractivity contribution in [2.75, 3.05) is 5.32 Å². The van der Waals surface area contributed by atoms with Crippen molar-refractivity contribution in [3.05, 3.63) is 18.1 Å². The zero-order valence-electron chi connectivity index (χ0n) is 10.6. The monoisotopic (exact) mass is 235 g/mol. The maximum Gasteiger partial charge on any atom is 0.129 e. The number of nitrogens with zero attached hydrogens (tertiary/aromatic N) is 2. The minimum absolute atomic E-state index is 0.107. The van der Waals surface area contributed by atoms with Crippen molar-refractivity contribution in [1.29, 1.82) is 0 Å². The fourth-order valence-corrected chi connectivity index (χ4v) is 2.20. The van der Waals surface area contributed by atoms with Gasteiger partial charge in [0.15, 0.2) is 0 Å². The molecule has 1 aliphatic carbocycles. The van der Waals surface area contributed by atoms with E-state index in [4.69, 9.17) is 0 Å². The average Bonchev–Trinajstić information content (AvgIpc) is 2.32. The number of hydrogen-bond donors (Lipinski definition) is 2. The van der Waals surface area contributed by atoms with Crippen LogP contribution in [0.2, 0.25) is 0 Å². The second kappa shape index (κ2) is 5.45. The molecule has 0 radical (unpaired) electrons. The highest BCUT2D eigenvalue weighted by atomic mass is 16.3. The maximum atomic E-state index is 9.46. The topological polar surface area (TPSA) is 58.0 Å². The Morgan fingerprint density at radius 2 is 1.94 bits per heavy atom. The average molecular weight is 235 g/mol. The molecule has 1 aliphatic rings. The zero-order valence-corrected chi connectivity index (χ0v) is 10.6. The quantitative estimate of drug-likeness (QED) is 0.844. The van der Waals surface area contributed by atoms with Crippen LogP contribution >= 0.6 is 0 Å². The first-order valence-electron chi connectivity index (χ1n) is 6.41. The maximum absolute atomic E-state index is 9.46. The van der Waals surface area contributed by atoms with Crippen molar-refractivity contribution in [1.82, 2.24) is 9.97 Å². The van der Waals surface area contributed by atoms with E-state index >= 15 is 0 Å². The Bertz CT molecular complexity index is 359. The van der Waals surface area contributed by atoms with Crippen LogP contribution in [-0.4, -0.2) is 27.2 Å². The molecule has 2 N–H and O–H groups in total. The first kappa shape index (κ1) is 12.3. The first-order valence-corrected chi connectivity index (χ1v) is 6.41. The summed E-state index contributed by atoms with van der Waals surface area (Å²) in [5.74, 6) is 1.33. The van der Waals surface area contributed by atoms with Crippen LogP contribution in [0.1, 0.15) is 51.1 Å². The van der Waals surface area contributed by atoms with Gasteiger partial charge in [-0.1, -0.05) is 13.8 Å². The van der Waals surface area contributed by atoms with Crippen LogP contribution in [-0.2, 0) is 0 Å². The molecule has 94 valence electrons. The van der Waals surface area contributed by atoms with Gasteiger partial charge in [-0.3, -0.25) is 0 Å². The van der Waals surface area contributed by atoms with Crippen molar-refractivity contribution < 1.29 is 5.11 Å². The number of nitrogens with one attached hydrogen (secondary N) is 1. The minimum Gasteiger partial charge on any atom is -0.393 e. The van der Waals surface area contributed by atoms with Gasteiger partial charge in [0.25, 0.3) is 0 Å². The molecule has 0 spiro atoms. The summed E-state index contributed by atoms with van der Waals surface area (Å²) < 4.78 is 0. The first-order chi connectivity index (χ1) is 8.15. The van der Waals surface area contributed by atoms with E-state index in [0.29, 0.717) is 12.0 Å². The van der Waals surface area contributed by atoms with Gasteiger partial charge in [0, 0.05) is 17.8 Å². The summed E-state index contributed by atoms with van der Waals surface area (Å²) in [4.78, 5) is 8.50. The second-order valence-corrected chi connectivity index (χ2v) is 5.13. The molecule has 0 unspecified atom stereocenters. The fourth-order valence-electron chi connectivity index (χ4n) is 2.20. The number of aliphatic hydroxyl groups is 1. The largest absolute Gasteiger partial charge is 0.393 e. The van der Waals surface area contributed by atoms with E-state index in [2.05, 4.69) is 29.1 Å². The highest BCUT2D eigenvalue weighted by Crippen LogP contribution is 2.22. The molecule has 0 aliphatic heterocycles. The van der Waals surface area contributed by atoms with Gasteiger partial charge in [-0.25, -0.2) is 9.97 Å². The fraction of sp³-hybridized carbons (Fsp3) is 0.692. The molecule has 0 amide bonds. The molecule has 0 atom stereocenters. The van der Waals surface area contributed by atoms with Crippen LogP contribution in [0.5, 0.6) is 0 Å². The van der Waals surface area contributed by atoms with Crippen molar-refractivity contribution in [2.45, 2.75) is 57.6 Å². The minimum atomic E-state index is -0.107. The Kier molecular flexibility index (Phi) is 3.94. The lowest BCUT2D eigenvalue weighted by Crippen LogP contribution is -2.28. The molecule has 1 saturated carbocycles. The van der Waals surface area contributed by atoms with Crippen LogP contribution in [0.25, 0.3) is 0 Å². The summed E-state index contributed by atoms with van der Waals surface area (Å²) in [6.07, 6.45) is 5.32. The summed E-state index contributed by atoms with van der Waals surface area (Å²) in [6, 6.07) is 2.46.